The summed E-state index contributed by atoms with van der Waals surface area (Å²) in [5, 5.41) is 11.5. The Morgan fingerprint density at radius 1 is 1.14 bits per heavy atom. The molecule has 146 valence electrons. The van der Waals surface area contributed by atoms with Gasteiger partial charge in [-0.15, -0.1) is 0 Å². The lowest BCUT2D eigenvalue weighted by atomic mass is 10.2. The van der Waals surface area contributed by atoms with Crippen LogP contribution >= 0.6 is 0 Å². The second kappa shape index (κ2) is 7.67. The third kappa shape index (κ3) is 3.77. The molecule has 29 heavy (non-hydrogen) atoms. The molecule has 0 aliphatic rings. The van der Waals surface area contributed by atoms with Gasteiger partial charge in [-0.25, -0.2) is 4.39 Å². The summed E-state index contributed by atoms with van der Waals surface area (Å²) in [7, 11) is 0. The van der Waals surface area contributed by atoms with E-state index >= 15 is 0 Å². The standard InChI is InChI=1S/C21H18FN5O2/c1-2-27-18-6-4-3-5-17(18)20(28)19(25-27)21(29)24-16-11-23-26(13-16)12-14-7-9-15(22)10-8-14/h3-11,13H,2,12H2,1H3,(H,24,29). The van der Waals surface area contributed by atoms with E-state index < -0.39 is 11.3 Å². The normalized spacial score (nSPS) is 11.0. The van der Waals surface area contributed by atoms with E-state index in [9.17, 15) is 14.0 Å². The summed E-state index contributed by atoms with van der Waals surface area (Å²) < 4.78 is 16.3. The summed E-state index contributed by atoms with van der Waals surface area (Å²) >= 11 is 0. The number of halogens is 1. The van der Waals surface area contributed by atoms with Gasteiger partial charge in [-0.05, 0) is 36.8 Å². The molecule has 8 heteroatoms. The predicted molar refractivity (Wildman–Crippen MR) is 107 cm³/mol. The third-order valence-electron chi connectivity index (χ3n) is 4.53. The molecule has 2 heterocycles. The number of hydrogen-bond acceptors (Lipinski definition) is 4. The van der Waals surface area contributed by atoms with Gasteiger partial charge in [0.25, 0.3) is 5.91 Å². The average Bonchev–Trinajstić information content (AvgIpc) is 3.17. The summed E-state index contributed by atoms with van der Waals surface area (Å²) in [4.78, 5) is 25.4. The largest absolute Gasteiger partial charge is 0.318 e. The first-order valence-corrected chi connectivity index (χ1v) is 9.13. The second-order valence-corrected chi connectivity index (χ2v) is 6.52. The molecule has 0 unspecified atom stereocenters. The number of carbonyl (C=O) groups excluding carboxylic acids is 1. The van der Waals surface area contributed by atoms with Crippen LogP contribution in [0.5, 0.6) is 0 Å². The SMILES string of the molecule is CCn1nc(C(=O)Nc2cnn(Cc3ccc(F)cc3)c2)c(=O)c2ccccc21. The summed E-state index contributed by atoms with van der Waals surface area (Å²) in [6.45, 7) is 2.84. The Morgan fingerprint density at radius 2 is 1.90 bits per heavy atom. The van der Waals surface area contributed by atoms with Gasteiger partial charge >= 0.3 is 0 Å². The first-order chi connectivity index (χ1) is 14.0. The Kier molecular flexibility index (Phi) is 4.90. The molecule has 2 aromatic carbocycles. The highest BCUT2D eigenvalue weighted by molar-refractivity contribution is 6.04. The maximum absolute atomic E-state index is 13.0. The lowest BCUT2D eigenvalue weighted by Gasteiger charge is -2.09. The van der Waals surface area contributed by atoms with Crippen molar-refractivity contribution in [3.05, 3.63) is 88.2 Å². The van der Waals surface area contributed by atoms with E-state index in [4.69, 9.17) is 0 Å². The zero-order valence-electron chi connectivity index (χ0n) is 15.7. The summed E-state index contributed by atoms with van der Waals surface area (Å²) in [5.74, 6) is -0.896. The molecule has 4 aromatic rings. The van der Waals surface area contributed by atoms with E-state index in [0.29, 0.717) is 29.7 Å². The number of aromatic nitrogens is 4. The van der Waals surface area contributed by atoms with Crippen molar-refractivity contribution >= 4 is 22.5 Å². The van der Waals surface area contributed by atoms with Crippen molar-refractivity contribution in [2.24, 2.45) is 0 Å². The number of nitrogens with one attached hydrogen (secondary N) is 1. The quantitative estimate of drug-likeness (QED) is 0.567. The summed E-state index contributed by atoms with van der Waals surface area (Å²) in [6, 6.07) is 13.2. The first-order valence-electron chi connectivity index (χ1n) is 9.13. The van der Waals surface area contributed by atoms with Gasteiger partial charge in [0.15, 0.2) is 5.69 Å². The minimum Gasteiger partial charge on any atom is -0.318 e. The van der Waals surface area contributed by atoms with E-state index in [1.165, 1.54) is 18.3 Å². The minimum absolute atomic E-state index is 0.170. The molecule has 2 aromatic heterocycles. The molecule has 0 aliphatic heterocycles. The number of rotatable bonds is 5. The Hall–Kier alpha value is -3.81. The average molecular weight is 391 g/mol. The van der Waals surface area contributed by atoms with Crippen LogP contribution in [0.15, 0.2) is 65.7 Å². The Balaban J connectivity index is 1.57. The zero-order chi connectivity index (χ0) is 20.4. The number of nitrogens with zero attached hydrogens (tertiary/aromatic N) is 4. The molecule has 0 bridgehead atoms. The van der Waals surface area contributed by atoms with E-state index in [1.54, 1.807) is 45.9 Å². The highest BCUT2D eigenvalue weighted by atomic mass is 19.1. The van der Waals surface area contributed by atoms with Crippen molar-refractivity contribution < 1.29 is 9.18 Å². The Bertz CT molecular complexity index is 1240. The molecule has 1 amide bonds. The Labute approximate surface area is 165 Å². The van der Waals surface area contributed by atoms with Crippen molar-refractivity contribution in [3.63, 3.8) is 0 Å². The fourth-order valence-electron chi connectivity index (χ4n) is 3.11. The lowest BCUT2D eigenvalue weighted by molar-refractivity contribution is 0.101. The molecular formula is C21H18FN5O2. The number of amides is 1. The molecule has 0 saturated carbocycles. The van der Waals surface area contributed by atoms with Gasteiger partial charge in [0, 0.05) is 18.1 Å². The molecular weight excluding hydrogens is 373 g/mol. The van der Waals surface area contributed by atoms with Crippen LogP contribution in [0.3, 0.4) is 0 Å². The van der Waals surface area contributed by atoms with Crippen molar-refractivity contribution in [2.75, 3.05) is 5.32 Å². The summed E-state index contributed by atoms with van der Waals surface area (Å²) in [5.41, 5.74) is 1.41. The highest BCUT2D eigenvalue weighted by Gasteiger charge is 2.17. The van der Waals surface area contributed by atoms with Crippen molar-refractivity contribution in [1.29, 1.82) is 0 Å². The van der Waals surface area contributed by atoms with Gasteiger partial charge in [0.05, 0.1) is 23.9 Å². The van der Waals surface area contributed by atoms with Crippen LogP contribution in [-0.2, 0) is 13.1 Å². The van der Waals surface area contributed by atoms with Crippen LogP contribution in [0.4, 0.5) is 10.1 Å². The van der Waals surface area contributed by atoms with E-state index in [0.717, 1.165) is 5.56 Å². The highest BCUT2D eigenvalue weighted by Crippen LogP contribution is 2.12. The van der Waals surface area contributed by atoms with Gasteiger partial charge in [-0.3, -0.25) is 19.0 Å². The Morgan fingerprint density at radius 3 is 2.66 bits per heavy atom. The molecule has 0 aliphatic carbocycles. The van der Waals surface area contributed by atoms with Crippen LogP contribution < -0.4 is 10.7 Å². The lowest BCUT2D eigenvalue weighted by Crippen LogP contribution is -2.26. The molecule has 0 spiro atoms. The predicted octanol–water partition coefficient (Wildman–Crippen LogP) is 3.05. The molecule has 0 saturated heterocycles. The van der Waals surface area contributed by atoms with Crippen molar-refractivity contribution in [2.45, 2.75) is 20.0 Å². The van der Waals surface area contributed by atoms with Crippen LogP contribution in [-0.4, -0.2) is 25.5 Å². The number of aryl methyl sites for hydroxylation is 1. The van der Waals surface area contributed by atoms with Crippen LogP contribution in [0.1, 0.15) is 23.0 Å². The number of para-hydroxylation sites is 1. The number of fused-ring (bicyclic) bond motifs is 1. The van der Waals surface area contributed by atoms with Crippen molar-refractivity contribution in [1.82, 2.24) is 19.6 Å². The number of hydrogen-bond donors (Lipinski definition) is 1. The molecule has 0 fully saturated rings. The molecule has 0 radical (unpaired) electrons. The van der Waals surface area contributed by atoms with Crippen LogP contribution in [0.2, 0.25) is 0 Å². The molecule has 7 nitrogen and oxygen atoms in total. The monoisotopic (exact) mass is 391 g/mol. The van der Waals surface area contributed by atoms with Gasteiger partial charge in [-0.1, -0.05) is 24.3 Å². The van der Waals surface area contributed by atoms with E-state index in [-0.39, 0.29) is 11.5 Å². The maximum Gasteiger partial charge on any atom is 0.280 e. The van der Waals surface area contributed by atoms with Gasteiger partial charge in [-0.2, -0.15) is 10.2 Å². The van der Waals surface area contributed by atoms with Crippen LogP contribution in [0.25, 0.3) is 10.9 Å². The number of benzene rings is 2. The van der Waals surface area contributed by atoms with E-state index in [1.807, 2.05) is 13.0 Å². The number of carbonyl (C=O) groups is 1. The fraction of sp³-hybridized carbons (Fsp3) is 0.143. The fourth-order valence-corrected chi connectivity index (χ4v) is 3.11. The third-order valence-corrected chi connectivity index (χ3v) is 4.53. The number of anilines is 1. The first kappa shape index (κ1) is 18.5. The van der Waals surface area contributed by atoms with Crippen molar-refractivity contribution in [3.8, 4) is 0 Å². The maximum atomic E-state index is 13.0. The van der Waals surface area contributed by atoms with Gasteiger partial charge in [0.1, 0.15) is 5.82 Å². The van der Waals surface area contributed by atoms with Gasteiger partial charge in [0.2, 0.25) is 5.43 Å². The smallest absolute Gasteiger partial charge is 0.280 e. The molecule has 4 rings (SSSR count). The van der Waals surface area contributed by atoms with E-state index in [2.05, 4.69) is 15.5 Å². The van der Waals surface area contributed by atoms with Gasteiger partial charge < -0.3 is 5.32 Å². The topological polar surface area (TPSA) is 81.8 Å². The molecule has 1 N–H and O–H groups in total. The summed E-state index contributed by atoms with van der Waals surface area (Å²) in [6.07, 6.45) is 3.13. The minimum atomic E-state index is -0.593. The second-order valence-electron chi connectivity index (χ2n) is 6.52. The molecule has 0 atom stereocenters. The van der Waals surface area contributed by atoms with Crippen LogP contribution in [0, 0.1) is 5.82 Å². The zero-order valence-corrected chi connectivity index (χ0v) is 15.7.